The Kier molecular flexibility index (Phi) is 3.45. The summed E-state index contributed by atoms with van der Waals surface area (Å²) in [6.45, 7) is 2.12. The van der Waals surface area contributed by atoms with Crippen molar-refractivity contribution in [2.24, 2.45) is 5.92 Å². The van der Waals surface area contributed by atoms with Crippen LogP contribution in [0.5, 0.6) is 0 Å². The normalized spacial score (nSPS) is 19.1. The summed E-state index contributed by atoms with van der Waals surface area (Å²) in [6.07, 6.45) is 5.10. The molecule has 1 rings (SSSR count). The van der Waals surface area contributed by atoms with Crippen molar-refractivity contribution in [3.63, 3.8) is 0 Å². The van der Waals surface area contributed by atoms with Gasteiger partial charge in [0.1, 0.15) is 11.6 Å². The monoisotopic (exact) mass is 168 g/mol. The summed E-state index contributed by atoms with van der Waals surface area (Å²) in [6, 6.07) is 0. The van der Waals surface area contributed by atoms with Crippen molar-refractivity contribution in [1.29, 1.82) is 0 Å². The van der Waals surface area contributed by atoms with Crippen molar-refractivity contribution in [3.05, 3.63) is 0 Å². The van der Waals surface area contributed by atoms with E-state index < -0.39 is 0 Å². The predicted molar refractivity (Wildman–Crippen MR) is 46.9 cm³/mol. The Balaban J connectivity index is 2.30. The minimum atomic E-state index is -0.225. The molecule has 0 aromatic carbocycles. The zero-order valence-electron chi connectivity index (χ0n) is 7.64. The quantitative estimate of drug-likeness (QED) is 0.476. The molecule has 2 nitrogen and oxygen atoms in total. The fourth-order valence-electron chi connectivity index (χ4n) is 1.69. The first kappa shape index (κ1) is 9.43. The second kappa shape index (κ2) is 4.39. The number of hydrogen-bond acceptors (Lipinski definition) is 2. The van der Waals surface area contributed by atoms with Crippen molar-refractivity contribution in [2.45, 2.75) is 45.4 Å². The molecule has 12 heavy (non-hydrogen) atoms. The van der Waals surface area contributed by atoms with Gasteiger partial charge in [-0.25, -0.2) is 0 Å². The standard InChI is InChI=1S/C10H16O2/c1-2-3-4-5-8-9(11)6-7-10(8)12/h8H,2-7H2,1H3. The summed E-state index contributed by atoms with van der Waals surface area (Å²) >= 11 is 0. The van der Waals surface area contributed by atoms with Gasteiger partial charge in [0.15, 0.2) is 0 Å². The molecular formula is C10H16O2. The third-order valence-electron chi connectivity index (χ3n) is 2.49. The first-order valence-electron chi connectivity index (χ1n) is 4.81. The molecular weight excluding hydrogens is 152 g/mol. The number of ketones is 2. The summed E-state index contributed by atoms with van der Waals surface area (Å²) in [5, 5.41) is 0. The zero-order chi connectivity index (χ0) is 8.97. The Morgan fingerprint density at radius 3 is 2.25 bits per heavy atom. The lowest BCUT2D eigenvalue weighted by atomic mass is 9.98. The third-order valence-corrected chi connectivity index (χ3v) is 2.49. The van der Waals surface area contributed by atoms with Crippen molar-refractivity contribution in [2.75, 3.05) is 0 Å². The van der Waals surface area contributed by atoms with Crippen LogP contribution in [0, 0.1) is 5.92 Å². The molecule has 0 heterocycles. The van der Waals surface area contributed by atoms with E-state index in [-0.39, 0.29) is 17.5 Å². The number of hydrogen-bond donors (Lipinski definition) is 0. The van der Waals surface area contributed by atoms with E-state index >= 15 is 0 Å². The van der Waals surface area contributed by atoms with Crippen molar-refractivity contribution in [1.82, 2.24) is 0 Å². The minimum Gasteiger partial charge on any atom is -0.299 e. The topological polar surface area (TPSA) is 34.1 Å². The molecule has 1 fully saturated rings. The van der Waals surface area contributed by atoms with Gasteiger partial charge >= 0.3 is 0 Å². The summed E-state index contributed by atoms with van der Waals surface area (Å²) in [5.41, 5.74) is 0. The maximum absolute atomic E-state index is 11.2. The second-order valence-electron chi connectivity index (χ2n) is 3.48. The summed E-state index contributed by atoms with van der Waals surface area (Å²) in [4.78, 5) is 22.3. The molecule has 0 N–H and O–H groups in total. The van der Waals surface area contributed by atoms with Crippen LogP contribution < -0.4 is 0 Å². The van der Waals surface area contributed by atoms with Gasteiger partial charge in [-0.2, -0.15) is 0 Å². The number of carbonyl (C=O) groups excluding carboxylic acids is 2. The number of unbranched alkanes of at least 4 members (excludes halogenated alkanes) is 2. The lowest BCUT2D eigenvalue weighted by Crippen LogP contribution is -2.13. The highest BCUT2D eigenvalue weighted by Gasteiger charge is 2.31. The highest BCUT2D eigenvalue weighted by atomic mass is 16.2. The Labute approximate surface area is 73.3 Å². The molecule has 0 radical (unpaired) electrons. The van der Waals surface area contributed by atoms with Gasteiger partial charge in [-0.15, -0.1) is 0 Å². The van der Waals surface area contributed by atoms with Crippen LogP contribution in [0.25, 0.3) is 0 Å². The molecule has 0 atom stereocenters. The van der Waals surface area contributed by atoms with Gasteiger partial charge in [0, 0.05) is 12.8 Å². The molecule has 1 aliphatic carbocycles. The van der Waals surface area contributed by atoms with Crippen LogP contribution in [-0.2, 0) is 9.59 Å². The van der Waals surface area contributed by atoms with E-state index in [2.05, 4.69) is 6.92 Å². The number of Topliss-reactive ketones (excluding diaryl/α,β-unsaturated/α-hetero) is 2. The molecule has 1 aliphatic rings. The van der Waals surface area contributed by atoms with E-state index in [9.17, 15) is 9.59 Å². The molecule has 0 unspecified atom stereocenters. The van der Waals surface area contributed by atoms with E-state index in [1.807, 2.05) is 0 Å². The average Bonchev–Trinajstić information content (AvgIpc) is 2.35. The Bertz CT molecular complexity index is 168. The van der Waals surface area contributed by atoms with E-state index in [1.165, 1.54) is 0 Å². The van der Waals surface area contributed by atoms with Crippen LogP contribution in [0.4, 0.5) is 0 Å². The smallest absolute Gasteiger partial charge is 0.143 e. The Morgan fingerprint density at radius 2 is 1.75 bits per heavy atom. The van der Waals surface area contributed by atoms with Gasteiger partial charge in [-0.1, -0.05) is 26.2 Å². The van der Waals surface area contributed by atoms with Gasteiger partial charge in [0.05, 0.1) is 5.92 Å². The second-order valence-corrected chi connectivity index (χ2v) is 3.48. The van der Waals surface area contributed by atoms with Gasteiger partial charge in [0.2, 0.25) is 0 Å². The summed E-state index contributed by atoms with van der Waals surface area (Å²) in [7, 11) is 0. The van der Waals surface area contributed by atoms with Gasteiger partial charge in [-0.3, -0.25) is 9.59 Å². The maximum Gasteiger partial charge on any atom is 0.143 e. The van der Waals surface area contributed by atoms with Crippen LogP contribution in [0.1, 0.15) is 45.4 Å². The van der Waals surface area contributed by atoms with Crippen LogP contribution in [0.15, 0.2) is 0 Å². The average molecular weight is 168 g/mol. The van der Waals surface area contributed by atoms with Gasteiger partial charge in [-0.05, 0) is 6.42 Å². The minimum absolute atomic E-state index is 0.177. The van der Waals surface area contributed by atoms with Crippen molar-refractivity contribution < 1.29 is 9.59 Å². The van der Waals surface area contributed by atoms with Crippen molar-refractivity contribution in [3.8, 4) is 0 Å². The molecule has 0 spiro atoms. The molecule has 0 amide bonds. The van der Waals surface area contributed by atoms with Gasteiger partial charge in [0.25, 0.3) is 0 Å². The van der Waals surface area contributed by atoms with E-state index in [4.69, 9.17) is 0 Å². The molecule has 1 saturated carbocycles. The molecule has 2 heteroatoms. The lowest BCUT2D eigenvalue weighted by Gasteiger charge is -2.04. The molecule has 0 aromatic heterocycles. The first-order chi connectivity index (χ1) is 5.75. The number of rotatable bonds is 4. The van der Waals surface area contributed by atoms with E-state index in [0.717, 1.165) is 25.7 Å². The molecule has 0 saturated heterocycles. The largest absolute Gasteiger partial charge is 0.299 e. The highest BCUT2D eigenvalue weighted by Crippen LogP contribution is 2.22. The fraction of sp³-hybridized carbons (Fsp3) is 0.800. The molecule has 0 bridgehead atoms. The van der Waals surface area contributed by atoms with Crippen LogP contribution in [0.3, 0.4) is 0 Å². The first-order valence-corrected chi connectivity index (χ1v) is 4.81. The van der Waals surface area contributed by atoms with E-state index in [1.54, 1.807) is 0 Å². The fourth-order valence-corrected chi connectivity index (χ4v) is 1.69. The SMILES string of the molecule is CCCCCC1C(=O)CCC1=O. The maximum atomic E-state index is 11.2. The van der Waals surface area contributed by atoms with Gasteiger partial charge < -0.3 is 0 Å². The molecule has 68 valence electrons. The molecule has 0 aliphatic heterocycles. The Hall–Kier alpha value is -0.660. The summed E-state index contributed by atoms with van der Waals surface area (Å²) < 4.78 is 0. The van der Waals surface area contributed by atoms with Crippen molar-refractivity contribution >= 4 is 11.6 Å². The van der Waals surface area contributed by atoms with Crippen LogP contribution >= 0.6 is 0 Å². The third kappa shape index (κ3) is 2.16. The lowest BCUT2D eigenvalue weighted by molar-refractivity contribution is -0.127. The van der Waals surface area contributed by atoms with Crippen LogP contribution in [-0.4, -0.2) is 11.6 Å². The highest BCUT2D eigenvalue weighted by molar-refractivity contribution is 6.08. The summed E-state index contributed by atoms with van der Waals surface area (Å²) in [5.74, 6) is 0.128. The number of carbonyl (C=O) groups is 2. The zero-order valence-corrected chi connectivity index (χ0v) is 7.64. The molecule has 0 aromatic rings. The van der Waals surface area contributed by atoms with Crippen LogP contribution in [0.2, 0.25) is 0 Å². The van der Waals surface area contributed by atoms with E-state index in [0.29, 0.717) is 12.8 Å². The predicted octanol–water partition coefficient (Wildman–Crippen LogP) is 2.11. The Morgan fingerprint density at radius 1 is 1.17 bits per heavy atom.